The smallest absolute Gasteiger partial charge is 0.255 e. The minimum Gasteiger partial charge on any atom is -0.439 e. The first-order valence-corrected chi connectivity index (χ1v) is 12.1. The Morgan fingerprint density at radius 3 is 2.55 bits per heavy atom. The summed E-state index contributed by atoms with van der Waals surface area (Å²) in [4.78, 5) is 21.0. The van der Waals surface area contributed by atoms with E-state index in [0.717, 1.165) is 4.47 Å². The van der Waals surface area contributed by atoms with Crippen molar-refractivity contribution < 1.29 is 17.9 Å². The Hall–Kier alpha value is -1.97. The van der Waals surface area contributed by atoms with Crippen molar-refractivity contribution in [1.82, 2.24) is 14.8 Å². The van der Waals surface area contributed by atoms with E-state index < -0.39 is 9.84 Å². The Labute approximate surface area is 178 Å². The van der Waals surface area contributed by atoms with Crippen molar-refractivity contribution in [3.63, 3.8) is 0 Å². The summed E-state index contributed by atoms with van der Waals surface area (Å²) in [5.74, 6) is 1.54. The summed E-state index contributed by atoms with van der Waals surface area (Å²) in [5.41, 5.74) is 0.517. The number of rotatable bonds is 4. The number of carbonyl (C=O) groups excluding carboxylic acids is 1. The Balaban J connectivity index is 1.33. The van der Waals surface area contributed by atoms with Gasteiger partial charge in [-0.15, -0.1) is 0 Å². The third-order valence-corrected chi connectivity index (χ3v) is 7.57. The van der Waals surface area contributed by atoms with Crippen LogP contribution in [0.3, 0.4) is 0 Å². The van der Waals surface area contributed by atoms with Gasteiger partial charge in [-0.25, -0.2) is 13.4 Å². The van der Waals surface area contributed by atoms with E-state index in [4.69, 9.17) is 4.74 Å². The highest BCUT2D eigenvalue weighted by atomic mass is 79.9. The van der Waals surface area contributed by atoms with Crippen LogP contribution in [0.5, 0.6) is 11.6 Å². The Kier molecular flexibility index (Phi) is 5.89. The number of amides is 1. The quantitative estimate of drug-likeness (QED) is 0.670. The van der Waals surface area contributed by atoms with Gasteiger partial charge in [-0.2, -0.15) is 0 Å². The van der Waals surface area contributed by atoms with Crippen LogP contribution in [0.2, 0.25) is 0 Å². The number of aromatic nitrogens is 1. The fourth-order valence-electron chi connectivity index (χ4n) is 3.75. The number of pyridine rings is 1. The maximum absolute atomic E-state index is 12.8. The van der Waals surface area contributed by atoms with Crippen LogP contribution >= 0.6 is 15.9 Å². The van der Waals surface area contributed by atoms with E-state index in [1.165, 1.54) is 6.20 Å². The molecule has 0 aliphatic carbocycles. The second kappa shape index (κ2) is 8.41. The van der Waals surface area contributed by atoms with Crippen molar-refractivity contribution in [1.29, 1.82) is 0 Å². The lowest BCUT2D eigenvalue weighted by Gasteiger charge is -2.37. The van der Waals surface area contributed by atoms with Crippen LogP contribution < -0.4 is 4.74 Å². The van der Waals surface area contributed by atoms with Crippen molar-refractivity contribution in [2.45, 2.75) is 12.5 Å². The van der Waals surface area contributed by atoms with Crippen LogP contribution in [0, 0.1) is 0 Å². The molecule has 3 heterocycles. The van der Waals surface area contributed by atoms with Gasteiger partial charge in [0.15, 0.2) is 9.84 Å². The number of sulfone groups is 1. The topological polar surface area (TPSA) is 79.8 Å². The zero-order valence-electron chi connectivity index (χ0n) is 15.8. The SMILES string of the molecule is O=C(c1ccc(Oc2cccc(Br)c2)nc1)N1CCN(C2CCS(=O)(=O)C2)CC1. The molecule has 29 heavy (non-hydrogen) atoms. The van der Waals surface area contributed by atoms with Gasteiger partial charge in [0.05, 0.1) is 17.1 Å². The van der Waals surface area contributed by atoms with Crippen LogP contribution in [0.25, 0.3) is 0 Å². The molecule has 1 atom stereocenters. The molecule has 1 unspecified atom stereocenters. The molecule has 0 saturated carbocycles. The van der Waals surface area contributed by atoms with Gasteiger partial charge in [0.25, 0.3) is 5.91 Å². The van der Waals surface area contributed by atoms with Gasteiger partial charge in [-0.3, -0.25) is 9.69 Å². The van der Waals surface area contributed by atoms with Crippen LogP contribution in [-0.2, 0) is 9.84 Å². The lowest BCUT2D eigenvalue weighted by atomic mass is 10.1. The van der Waals surface area contributed by atoms with Crippen LogP contribution in [0.4, 0.5) is 0 Å². The number of carbonyl (C=O) groups is 1. The van der Waals surface area contributed by atoms with Gasteiger partial charge < -0.3 is 9.64 Å². The van der Waals surface area contributed by atoms with Crippen molar-refractivity contribution in [3.8, 4) is 11.6 Å². The van der Waals surface area contributed by atoms with E-state index in [9.17, 15) is 13.2 Å². The molecule has 1 aromatic carbocycles. The van der Waals surface area contributed by atoms with Crippen molar-refractivity contribution >= 4 is 31.7 Å². The number of hydrogen-bond acceptors (Lipinski definition) is 6. The van der Waals surface area contributed by atoms with Crippen molar-refractivity contribution in [2.75, 3.05) is 37.7 Å². The number of nitrogens with zero attached hydrogens (tertiary/aromatic N) is 3. The minimum atomic E-state index is -2.89. The van der Waals surface area contributed by atoms with Gasteiger partial charge in [-0.1, -0.05) is 22.0 Å². The molecule has 1 amide bonds. The predicted molar refractivity (Wildman–Crippen MR) is 113 cm³/mol. The Bertz CT molecular complexity index is 989. The van der Waals surface area contributed by atoms with E-state index in [1.807, 2.05) is 24.3 Å². The number of benzene rings is 1. The first kappa shape index (κ1) is 20.3. The molecule has 4 rings (SSSR count). The Morgan fingerprint density at radius 2 is 1.93 bits per heavy atom. The van der Waals surface area contributed by atoms with Crippen molar-refractivity contribution in [2.24, 2.45) is 0 Å². The van der Waals surface area contributed by atoms with Crippen LogP contribution in [-0.4, -0.2) is 72.8 Å². The lowest BCUT2D eigenvalue weighted by molar-refractivity contribution is 0.0587. The predicted octanol–water partition coefficient (Wildman–Crippen LogP) is 2.58. The standard InChI is InChI=1S/C20H22BrN3O4S/c21-16-2-1-3-18(12-16)28-19-5-4-15(13-22-19)20(25)24-9-7-23(8-10-24)17-6-11-29(26,27)14-17/h1-5,12-13,17H,6-11,14H2. The van der Waals surface area contributed by atoms with Crippen LogP contribution in [0.1, 0.15) is 16.8 Å². The highest BCUT2D eigenvalue weighted by molar-refractivity contribution is 9.10. The number of halogens is 1. The van der Waals surface area contributed by atoms with E-state index in [0.29, 0.717) is 49.8 Å². The summed E-state index contributed by atoms with van der Waals surface area (Å²) >= 11 is 3.40. The molecule has 2 aliphatic rings. The maximum Gasteiger partial charge on any atom is 0.255 e. The largest absolute Gasteiger partial charge is 0.439 e. The fraction of sp³-hybridized carbons (Fsp3) is 0.400. The summed E-state index contributed by atoms with van der Waals surface area (Å²) < 4.78 is 30.0. The Morgan fingerprint density at radius 1 is 1.14 bits per heavy atom. The fourth-order valence-corrected chi connectivity index (χ4v) is 5.89. The number of ether oxygens (including phenoxy) is 1. The zero-order chi connectivity index (χ0) is 20.4. The monoisotopic (exact) mass is 479 g/mol. The average molecular weight is 480 g/mol. The van der Waals surface area contributed by atoms with Gasteiger partial charge in [0.1, 0.15) is 5.75 Å². The van der Waals surface area contributed by atoms with E-state index in [2.05, 4.69) is 25.8 Å². The first-order chi connectivity index (χ1) is 13.9. The third-order valence-electron chi connectivity index (χ3n) is 5.33. The summed E-state index contributed by atoms with van der Waals surface area (Å²) in [5, 5.41) is 0. The first-order valence-electron chi connectivity index (χ1n) is 9.53. The summed E-state index contributed by atoms with van der Waals surface area (Å²) in [6, 6.07) is 11.0. The molecule has 0 spiro atoms. The molecule has 2 aliphatic heterocycles. The van der Waals surface area contributed by atoms with Crippen molar-refractivity contribution in [3.05, 3.63) is 52.6 Å². The molecule has 7 nitrogen and oxygen atoms in total. The molecule has 0 N–H and O–H groups in total. The van der Waals surface area contributed by atoms with Gasteiger partial charge in [-0.05, 0) is 30.7 Å². The van der Waals surface area contributed by atoms with E-state index in [1.54, 1.807) is 17.0 Å². The normalized spacial score (nSPS) is 21.8. The highest BCUT2D eigenvalue weighted by Gasteiger charge is 2.34. The molecule has 1 aromatic heterocycles. The maximum atomic E-state index is 12.8. The molecule has 9 heteroatoms. The minimum absolute atomic E-state index is 0.0646. The zero-order valence-corrected chi connectivity index (χ0v) is 18.2. The molecular weight excluding hydrogens is 458 g/mol. The highest BCUT2D eigenvalue weighted by Crippen LogP contribution is 2.24. The molecule has 2 saturated heterocycles. The average Bonchev–Trinajstić information content (AvgIpc) is 3.08. The molecule has 2 fully saturated rings. The lowest BCUT2D eigenvalue weighted by Crippen LogP contribution is -2.52. The molecule has 154 valence electrons. The molecule has 2 aromatic rings. The van der Waals surface area contributed by atoms with Crippen LogP contribution in [0.15, 0.2) is 47.1 Å². The number of hydrogen-bond donors (Lipinski definition) is 0. The van der Waals surface area contributed by atoms with E-state index >= 15 is 0 Å². The summed E-state index contributed by atoms with van der Waals surface area (Å²) in [6.07, 6.45) is 2.23. The third kappa shape index (κ3) is 4.96. The molecule has 0 radical (unpaired) electrons. The summed E-state index contributed by atoms with van der Waals surface area (Å²) in [7, 11) is -2.89. The van der Waals surface area contributed by atoms with Gasteiger partial charge in [0, 0.05) is 49.0 Å². The second-order valence-corrected chi connectivity index (χ2v) is 10.5. The van der Waals surface area contributed by atoms with Gasteiger partial charge in [0.2, 0.25) is 5.88 Å². The molecule has 0 bridgehead atoms. The van der Waals surface area contributed by atoms with Gasteiger partial charge >= 0.3 is 0 Å². The summed E-state index contributed by atoms with van der Waals surface area (Å²) in [6.45, 7) is 2.57. The number of piperazine rings is 1. The second-order valence-electron chi connectivity index (χ2n) is 7.33. The van der Waals surface area contributed by atoms with E-state index in [-0.39, 0.29) is 23.5 Å². The molecular formula is C20H22BrN3O4S.